The number of thioether (sulfide) groups is 1. The zero-order valence-corrected chi connectivity index (χ0v) is 10.6. The van der Waals surface area contributed by atoms with Crippen LogP contribution in [0.25, 0.3) is 0 Å². The van der Waals surface area contributed by atoms with Crippen LogP contribution in [0.5, 0.6) is 0 Å². The summed E-state index contributed by atoms with van der Waals surface area (Å²) in [5, 5.41) is 0.522. The monoisotopic (exact) mass is 244 g/mol. The van der Waals surface area contributed by atoms with E-state index in [1.54, 1.807) is 0 Å². The lowest BCUT2D eigenvalue weighted by molar-refractivity contribution is 0.951. The largest absolute Gasteiger partial charge is 0.288 e. The maximum Gasteiger partial charge on any atom is 0.0692 e. The van der Waals surface area contributed by atoms with E-state index in [4.69, 9.17) is 0 Å². The Morgan fingerprint density at radius 2 is 1.94 bits per heavy atom. The molecular weight excluding hydrogens is 228 g/mol. The summed E-state index contributed by atoms with van der Waals surface area (Å²) in [5.41, 5.74) is 2.55. The second-order valence-corrected chi connectivity index (χ2v) is 5.68. The molecule has 0 N–H and O–H groups in total. The molecule has 88 valence electrons. The summed E-state index contributed by atoms with van der Waals surface area (Å²) in [7, 11) is 0. The third-order valence-electron chi connectivity index (χ3n) is 3.17. The predicted molar refractivity (Wildman–Crippen MR) is 74.5 cm³/mol. The van der Waals surface area contributed by atoms with Crippen LogP contribution < -0.4 is 0 Å². The van der Waals surface area contributed by atoms with Crippen molar-refractivity contribution in [2.24, 2.45) is 9.98 Å². The van der Waals surface area contributed by atoms with Crippen LogP contribution >= 0.6 is 11.8 Å². The summed E-state index contributed by atoms with van der Waals surface area (Å²) in [5.74, 6) is 0. The SMILES string of the molecule is c1ccc(SC2CCN=C2C2=NCCC2)cc1. The zero-order chi connectivity index (χ0) is 11.5. The van der Waals surface area contributed by atoms with E-state index in [0.29, 0.717) is 5.25 Å². The van der Waals surface area contributed by atoms with E-state index in [0.717, 1.165) is 25.9 Å². The average Bonchev–Trinajstić information content (AvgIpc) is 3.00. The van der Waals surface area contributed by atoms with E-state index in [2.05, 4.69) is 40.3 Å². The summed E-state index contributed by atoms with van der Waals surface area (Å²) >= 11 is 1.93. The molecule has 1 atom stereocenters. The fourth-order valence-electron chi connectivity index (χ4n) is 2.34. The molecular formula is C14H16N2S. The zero-order valence-electron chi connectivity index (χ0n) is 9.80. The van der Waals surface area contributed by atoms with Gasteiger partial charge >= 0.3 is 0 Å². The van der Waals surface area contributed by atoms with E-state index < -0.39 is 0 Å². The molecule has 1 aromatic rings. The summed E-state index contributed by atoms with van der Waals surface area (Å²) in [6.45, 7) is 1.97. The van der Waals surface area contributed by atoms with Gasteiger partial charge in [-0.3, -0.25) is 9.98 Å². The molecule has 2 aliphatic heterocycles. The van der Waals surface area contributed by atoms with Crippen molar-refractivity contribution in [2.45, 2.75) is 29.4 Å². The van der Waals surface area contributed by atoms with Crippen LogP contribution in [0.3, 0.4) is 0 Å². The molecule has 3 heteroatoms. The first-order valence-electron chi connectivity index (χ1n) is 6.23. The maximum atomic E-state index is 4.66. The molecule has 0 amide bonds. The van der Waals surface area contributed by atoms with Crippen molar-refractivity contribution in [3.8, 4) is 0 Å². The Bertz CT molecular complexity index is 451. The Morgan fingerprint density at radius 3 is 2.71 bits per heavy atom. The van der Waals surface area contributed by atoms with Crippen LogP contribution in [0.4, 0.5) is 0 Å². The molecule has 0 saturated heterocycles. The van der Waals surface area contributed by atoms with Crippen molar-refractivity contribution in [1.29, 1.82) is 0 Å². The minimum Gasteiger partial charge on any atom is -0.288 e. The minimum atomic E-state index is 0.522. The van der Waals surface area contributed by atoms with Gasteiger partial charge in [0, 0.05) is 18.0 Å². The highest BCUT2D eigenvalue weighted by Crippen LogP contribution is 2.30. The fraction of sp³-hybridized carbons (Fsp3) is 0.429. The molecule has 0 aliphatic carbocycles. The van der Waals surface area contributed by atoms with Crippen LogP contribution in [-0.4, -0.2) is 29.8 Å². The molecule has 0 saturated carbocycles. The van der Waals surface area contributed by atoms with Gasteiger partial charge in [0.2, 0.25) is 0 Å². The molecule has 0 bridgehead atoms. The van der Waals surface area contributed by atoms with Gasteiger partial charge in [0.25, 0.3) is 0 Å². The summed E-state index contributed by atoms with van der Waals surface area (Å²) < 4.78 is 0. The summed E-state index contributed by atoms with van der Waals surface area (Å²) in [6.07, 6.45) is 3.50. The smallest absolute Gasteiger partial charge is 0.0692 e. The fourth-order valence-corrected chi connectivity index (χ4v) is 3.53. The molecule has 2 heterocycles. The van der Waals surface area contributed by atoms with Crippen molar-refractivity contribution in [1.82, 2.24) is 0 Å². The molecule has 0 fully saturated rings. The van der Waals surface area contributed by atoms with Gasteiger partial charge < -0.3 is 0 Å². The number of benzene rings is 1. The second-order valence-electron chi connectivity index (χ2n) is 4.41. The highest BCUT2D eigenvalue weighted by Gasteiger charge is 2.27. The Kier molecular flexibility index (Phi) is 3.27. The lowest BCUT2D eigenvalue weighted by Gasteiger charge is -2.12. The van der Waals surface area contributed by atoms with Gasteiger partial charge in [-0.15, -0.1) is 11.8 Å². The first-order valence-corrected chi connectivity index (χ1v) is 7.11. The molecule has 3 rings (SSSR count). The number of hydrogen-bond donors (Lipinski definition) is 0. The van der Waals surface area contributed by atoms with Crippen molar-refractivity contribution in [2.75, 3.05) is 13.1 Å². The van der Waals surface area contributed by atoms with E-state index in [1.165, 1.54) is 22.7 Å². The Labute approximate surface area is 106 Å². The normalized spacial score (nSPS) is 23.6. The Balaban J connectivity index is 1.73. The lowest BCUT2D eigenvalue weighted by atomic mass is 10.1. The molecule has 0 aromatic heterocycles. The van der Waals surface area contributed by atoms with Crippen LogP contribution in [0, 0.1) is 0 Å². The van der Waals surface area contributed by atoms with Gasteiger partial charge in [0.15, 0.2) is 0 Å². The van der Waals surface area contributed by atoms with Crippen molar-refractivity contribution < 1.29 is 0 Å². The van der Waals surface area contributed by atoms with Gasteiger partial charge in [-0.25, -0.2) is 0 Å². The number of nitrogens with zero attached hydrogens (tertiary/aromatic N) is 2. The van der Waals surface area contributed by atoms with Crippen LogP contribution in [0.15, 0.2) is 45.2 Å². The topological polar surface area (TPSA) is 24.7 Å². The molecule has 0 radical (unpaired) electrons. The first kappa shape index (κ1) is 11.0. The molecule has 2 aliphatic rings. The van der Waals surface area contributed by atoms with E-state index in [-0.39, 0.29) is 0 Å². The van der Waals surface area contributed by atoms with Crippen LogP contribution in [0.2, 0.25) is 0 Å². The number of aliphatic imine (C=N–C) groups is 2. The molecule has 0 spiro atoms. The third-order valence-corrected chi connectivity index (χ3v) is 4.46. The van der Waals surface area contributed by atoms with E-state index in [1.807, 2.05) is 11.8 Å². The van der Waals surface area contributed by atoms with Crippen molar-refractivity contribution >= 4 is 23.2 Å². The van der Waals surface area contributed by atoms with Crippen LogP contribution in [-0.2, 0) is 0 Å². The summed E-state index contributed by atoms with van der Waals surface area (Å²) in [4.78, 5) is 10.6. The van der Waals surface area contributed by atoms with E-state index in [9.17, 15) is 0 Å². The molecule has 1 aromatic carbocycles. The van der Waals surface area contributed by atoms with Crippen molar-refractivity contribution in [3.63, 3.8) is 0 Å². The number of rotatable bonds is 3. The van der Waals surface area contributed by atoms with Gasteiger partial charge in [-0.2, -0.15) is 0 Å². The Morgan fingerprint density at radius 1 is 1.06 bits per heavy atom. The van der Waals surface area contributed by atoms with Crippen molar-refractivity contribution in [3.05, 3.63) is 30.3 Å². The third kappa shape index (κ3) is 2.44. The molecule has 1 unspecified atom stereocenters. The maximum absolute atomic E-state index is 4.66. The minimum absolute atomic E-state index is 0.522. The second kappa shape index (κ2) is 5.05. The highest BCUT2D eigenvalue weighted by atomic mass is 32.2. The number of hydrogen-bond acceptors (Lipinski definition) is 3. The summed E-state index contributed by atoms with van der Waals surface area (Å²) in [6, 6.07) is 10.6. The lowest BCUT2D eigenvalue weighted by Crippen LogP contribution is -2.21. The van der Waals surface area contributed by atoms with E-state index >= 15 is 0 Å². The predicted octanol–water partition coefficient (Wildman–Crippen LogP) is 3.23. The highest BCUT2D eigenvalue weighted by molar-refractivity contribution is 8.00. The van der Waals surface area contributed by atoms with Crippen LogP contribution in [0.1, 0.15) is 19.3 Å². The Hall–Kier alpha value is -1.09. The van der Waals surface area contributed by atoms with Gasteiger partial charge in [0.1, 0.15) is 0 Å². The quantitative estimate of drug-likeness (QED) is 0.801. The first-order chi connectivity index (χ1) is 8.43. The van der Waals surface area contributed by atoms with Gasteiger partial charge in [-0.05, 0) is 31.4 Å². The van der Waals surface area contributed by atoms with Gasteiger partial charge in [0.05, 0.1) is 16.7 Å². The van der Waals surface area contributed by atoms with Gasteiger partial charge in [-0.1, -0.05) is 18.2 Å². The molecule has 17 heavy (non-hydrogen) atoms. The average molecular weight is 244 g/mol. The standard InChI is InChI=1S/C14H16N2S/c1-2-5-11(6-3-1)17-13-8-10-16-14(13)12-7-4-9-15-12/h1-3,5-6,13H,4,7-10H2. The molecule has 2 nitrogen and oxygen atoms in total.